The first-order valence-electron chi connectivity index (χ1n) is 9.03. The number of thioether (sulfide) groups is 1. The second-order valence-electron chi connectivity index (χ2n) is 6.79. The Morgan fingerprint density at radius 3 is 2.21 bits per heavy atom. The fourth-order valence-corrected chi connectivity index (χ4v) is 4.20. The van der Waals surface area contributed by atoms with Crippen LogP contribution in [0.5, 0.6) is 0 Å². The summed E-state index contributed by atoms with van der Waals surface area (Å²) in [4.78, 5) is 4.11. The highest BCUT2D eigenvalue weighted by atomic mass is 32.2. The molecule has 0 amide bonds. The van der Waals surface area contributed by atoms with Crippen molar-refractivity contribution in [2.75, 3.05) is 13.2 Å². The van der Waals surface area contributed by atoms with Crippen LogP contribution in [0.2, 0.25) is 0 Å². The molecule has 29 heavy (non-hydrogen) atoms. The third-order valence-electron chi connectivity index (χ3n) is 4.84. The number of rotatable bonds is 6. The highest BCUT2D eigenvalue weighted by Crippen LogP contribution is 2.35. The van der Waals surface area contributed by atoms with E-state index in [1.165, 1.54) is 0 Å². The van der Waals surface area contributed by atoms with Crippen LogP contribution >= 0.6 is 11.8 Å². The Hall–Kier alpha value is -0.900. The summed E-state index contributed by atoms with van der Waals surface area (Å²) in [5.74, 6) is 0. The van der Waals surface area contributed by atoms with Crippen molar-refractivity contribution in [3.05, 3.63) is 24.4 Å². The smallest absolute Gasteiger partial charge is 0.187 e. The van der Waals surface area contributed by atoms with Gasteiger partial charge in [0.05, 0.1) is 18.2 Å². The maximum absolute atomic E-state index is 10.5. The summed E-state index contributed by atoms with van der Waals surface area (Å²) in [5, 5.41) is 70.3. The molecule has 2 aliphatic heterocycles. The lowest BCUT2D eigenvalue weighted by atomic mass is 9.97. The van der Waals surface area contributed by atoms with Gasteiger partial charge in [-0.1, -0.05) is 17.8 Å². The maximum Gasteiger partial charge on any atom is 0.187 e. The Kier molecular flexibility index (Phi) is 7.81. The van der Waals surface area contributed by atoms with Crippen LogP contribution in [0.3, 0.4) is 0 Å². The van der Waals surface area contributed by atoms with Crippen molar-refractivity contribution < 1.29 is 50.0 Å². The van der Waals surface area contributed by atoms with E-state index < -0.39 is 73.8 Å². The quantitative estimate of drug-likeness (QED) is 0.238. The van der Waals surface area contributed by atoms with Crippen LogP contribution in [0.4, 0.5) is 0 Å². The number of nitrogens with zero attached hydrogens (tertiary/aromatic N) is 1. The molecule has 0 saturated carbocycles. The standard InChI is InChI=1S/C17H25NO10S/c19-5-7-10(21)11(22)13(24)16(26-7)28-15-8(6-20)27-17(14(25)12(15)23)29-9-3-1-2-4-18-9/h1-4,7-8,10-17,19-25H,5-6H2/t7-,8-,10-,11+,12-,13-,14-,15-,16+,17+/m1/s1. The molecule has 0 radical (unpaired) electrons. The minimum atomic E-state index is -1.70. The number of pyridine rings is 1. The van der Waals surface area contributed by atoms with Gasteiger partial charge in [-0.15, -0.1) is 0 Å². The largest absolute Gasteiger partial charge is 0.394 e. The van der Waals surface area contributed by atoms with Gasteiger partial charge in [-0.05, 0) is 12.1 Å². The van der Waals surface area contributed by atoms with Crippen LogP contribution in [0.1, 0.15) is 0 Å². The molecule has 12 heteroatoms. The molecule has 0 aromatic carbocycles. The SMILES string of the molecule is OC[C@H]1O[C@@H](O[C@H]2[C@H](O)[C@@H](O)[C@H](Sc3ccccn3)O[C@@H]2CO)[C@H](O)[C@@H](O)[C@@H]1O. The van der Waals surface area contributed by atoms with E-state index in [4.69, 9.17) is 14.2 Å². The average molecular weight is 435 g/mol. The molecule has 7 N–H and O–H groups in total. The summed E-state index contributed by atoms with van der Waals surface area (Å²) >= 11 is 1.05. The summed E-state index contributed by atoms with van der Waals surface area (Å²) in [7, 11) is 0. The molecule has 164 valence electrons. The monoisotopic (exact) mass is 435 g/mol. The van der Waals surface area contributed by atoms with Crippen molar-refractivity contribution in [3.63, 3.8) is 0 Å². The number of aliphatic hydroxyl groups is 7. The minimum absolute atomic E-state index is 0.536. The van der Waals surface area contributed by atoms with E-state index >= 15 is 0 Å². The first-order chi connectivity index (χ1) is 13.9. The summed E-state index contributed by atoms with van der Waals surface area (Å²) in [6.45, 7) is -1.23. The Balaban J connectivity index is 1.71. The molecular weight excluding hydrogens is 410 g/mol. The predicted octanol–water partition coefficient (Wildman–Crippen LogP) is -3.20. The maximum atomic E-state index is 10.5. The molecule has 11 nitrogen and oxygen atoms in total. The molecule has 0 unspecified atom stereocenters. The lowest BCUT2D eigenvalue weighted by Crippen LogP contribution is -2.64. The summed E-state index contributed by atoms with van der Waals surface area (Å²) in [6.07, 6.45) is -11.5. The summed E-state index contributed by atoms with van der Waals surface area (Å²) in [5.41, 5.74) is -0.952. The molecule has 3 heterocycles. The molecule has 0 spiro atoms. The predicted molar refractivity (Wildman–Crippen MR) is 96.5 cm³/mol. The van der Waals surface area contributed by atoms with Crippen LogP contribution in [-0.2, 0) is 14.2 Å². The molecule has 1 aromatic heterocycles. The third-order valence-corrected chi connectivity index (χ3v) is 5.94. The van der Waals surface area contributed by atoms with Crippen molar-refractivity contribution in [2.24, 2.45) is 0 Å². The van der Waals surface area contributed by atoms with Crippen LogP contribution in [-0.4, -0.2) is 115 Å². The Labute approximate surface area is 170 Å². The van der Waals surface area contributed by atoms with Crippen molar-refractivity contribution in [1.29, 1.82) is 0 Å². The van der Waals surface area contributed by atoms with Crippen molar-refractivity contribution >= 4 is 11.8 Å². The molecule has 0 bridgehead atoms. The second kappa shape index (κ2) is 9.94. The number of ether oxygens (including phenoxy) is 3. The number of hydrogen-bond donors (Lipinski definition) is 7. The number of hydrogen-bond acceptors (Lipinski definition) is 12. The Morgan fingerprint density at radius 1 is 0.862 bits per heavy atom. The van der Waals surface area contributed by atoms with Gasteiger partial charge in [0.1, 0.15) is 54.3 Å². The highest BCUT2D eigenvalue weighted by Gasteiger charge is 2.50. The van der Waals surface area contributed by atoms with Crippen LogP contribution in [0, 0.1) is 0 Å². The summed E-state index contributed by atoms with van der Waals surface area (Å²) < 4.78 is 16.4. The molecule has 0 aliphatic carbocycles. The van der Waals surface area contributed by atoms with Gasteiger partial charge in [0.25, 0.3) is 0 Å². The van der Waals surface area contributed by atoms with Crippen molar-refractivity contribution in [1.82, 2.24) is 4.98 Å². The molecule has 2 aliphatic rings. The first-order valence-corrected chi connectivity index (χ1v) is 9.91. The van der Waals surface area contributed by atoms with Gasteiger partial charge in [0.2, 0.25) is 0 Å². The fourth-order valence-electron chi connectivity index (χ4n) is 3.19. The minimum Gasteiger partial charge on any atom is -0.394 e. The zero-order valence-electron chi connectivity index (χ0n) is 15.2. The average Bonchev–Trinajstić information content (AvgIpc) is 2.74. The van der Waals surface area contributed by atoms with Gasteiger partial charge in [-0.25, -0.2) is 4.98 Å². The van der Waals surface area contributed by atoms with Gasteiger partial charge >= 0.3 is 0 Å². The van der Waals surface area contributed by atoms with E-state index in [0.29, 0.717) is 5.03 Å². The molecule has 2 fully saturated rings. The molecule has 10 atom stereocenters. The van der Waals surface area contributed by atoms with E-state index in [9.17, 15) is 35.7 Å². The third kappa shape index (κ3) is 4.89. The Bertz CT molecular complexity index is 638. The van der Waals surface area contributed by atoms with Gasteiger partial charge in [-0.3, -0.25) is 0 Å². The lowest BCUT2D eigenvalue weighted by Gasteiger charge is -2.45. The number of aliphatic hydroxyl groups excluding tert-OH is 7. The van der Waals surface area contributed by atoms with Crippen LogP contribution < -0.4 is 0 Å². The van der Waals surface area contributed by atoms with E-state index in [2.05, 4.69) is 4.98 Å². The number of aromatic nitrogens is 1. The van der Waals surface area contributed by atoms with E-state index in [0.717, 1.165) is 11.8 Å². The Morgan fingerprint density at radius 2 is 1.59 bits per heavy atom. The zero-order chi connectivity index (χ0) is 21.1. The van der Waals surface area contributed by atoms with E-state index in [1.54, 1.807) is 24.4 Å². The lowest BCUT2D eigenvalue weighted by molar-refractivity contribution is -0.338. The van der Waals surface area contributed by atoms with Crippen LogP contribution in [0.25, 0.3) is 0 Å². The van der Waals surface area contributed by atoms with Gasteiger partial charge in [0, 0.05) is 6.20 Å². The fraction of sp³-hybridized carbons (Fsp3) is 0.706. The first kappa shape index (κ1) is 22.8. The topological polar surface area (TPSA) is 182 Å². The highest BCUT2D eigenvalue weighted by molar-refractivity contribution is 7.99. The molecule has 3 rings (SSSR count). The van der Waals surface area contributed by atoms with Crippen LogP contribution in [0.15, 0.2) is 29.4 Å². The normalized spacial score (nSPS) is 43.3. The zero-order valence-corrected chi connectivity index (χ0v) is 16.0. The molecule has 2 saturated heterocycles. The van der Waals surface area contributed by atoms with E-state index in [1.807, 2.05) is 0 Å². The van der Waals surface area contributed by atoms with Gasteiger partial charge in [-0.2, -0.15) is 0 Å². The van der Waals surface area contributed by atoms with Crippen molar-refractivity contribution in [2.45, 2.75) is 65.6 Å². The van der Waals surface area contributed by atoms with Gasteiger partial charge in [0.15, 0.2) is 6.29 Å². The molecule has 1 aromatic rings. The van der Waals surface area contributed by atoms with Crippen molar-refractivity contribution in [3.8, 4) is 0 Å². The van der Waals surface area contributed by atoms with Gasteiger partial charge < -0.3 is 50.0 Å². The summed E-state index contributed by atoms with van der Waals surface area (Å²) in [6, 6.07) is 5.16. The molecular formula is C17H25NO10S. The van der Waals surface area contributed by atoms with E-state index in [-0.39, 0.29) is 0 Å². The second-order valence-corrected chi connectivity index (χ2v) is 7.91.